The summed E-state index contributed by atoms with van der Waals surface area (Å²) in [4.78, 5) is 9.14. The van der Waals surface area contributed by atoms with Crippen LogP contribution >= 0.6 is 0 Å². The van der Waals surface area contributed by atoms with Crippen molar-refractivity contribution in [1.29, 1.82) is 0 Å². The lowest BCUT2D eigenvalue weighted by Crippen LogP contribution is -2.05. The van der Waals surface area contributed by atoms with E-state index in [1.807, 2.05) is 0 Å². The third-order valence-corrected chi connectivity index (χ3v) is 0.789. The standard InChI is InChI=1S/C4H8O2.Al.3H/c1-2-4-6-5-3-1;;;;/h1-4H2;;;;. The second-order valence-corrected chi connectivity index (χ2v) is 1.35. The first-order valence-electron chi connectivity index (χ1n) is 2.24. The van der Waals surface area contributed by atoms with Crippen molar-refractivity contribution in [1.82, 2.24) is 0 Å². The van der Waals surface area contributed by atoms with E-state index in [1.165, 1.54) is 0 Å². The fraction of sp³-hybridized carbons (Fsp3) is 1.00. The highest BCUT2D eigenvalue weighted by Gasteiger charge is 1.95. The Hall–Kier alpha value is 0.452. The Balaban J connectivity index is 0.000000360. The molecule has 3 heteroatoms. The van der Waals surface area contributed by atoms with Gasteiger partial charge in [-0.05, 0) is 12.8 Å². The predicted molar refractivity (Wildman–Crippen MR) is 31.1 cm³/mol. The molecule has 0 N–H and O–H groups in total. The molecule has 0 aliphatic carbocycles. The average Bonchev–Trinajstić information content (AvgIpc) is 1.72. The molecule has 0 spiro atoms. The first-order chi connectivity index (χ1) is 3.00. The van der Waals surface area contributed by atoms with Gasteiger partial charge < -0.3 is 0 Å². The van der Waals surface area contributed by atoms with Gasteiger partial charge in [0.05, 0.1) is 13.2 Å². The highest BCUT2D eigenvalue weighted by molar-refractivity contribution is 5.75. The van der Waals surface area contributed by atoms with E-state index >= 15 is 0 Å². The van der Waals surface area contributed by atoms with Crippen LogP contribution in [-0.2, 0) is 9.78 Å². The van der Waals surface area contributed by atoms with Crippen LogP contribution in [0.1, 0.15) is 12.8 Å². The van der Waals surface area contributed by atoms with E-state index < -0.39 is 0 Å². The van der Waals surface area contributed by atoms with Gasteiger partial charge in [-0.3, -0.25) is 0 Å². The molecule has 0 atom stereocenters. The van der Waals surface area contributed by atoms with E-state index in [4.69, 9.17) is 0 Å². The molecule has 0 aromatic rings. The second kappa shape index (κ2) is 4.61. The summed E-state index contributed by atoms with van der Waals surface area (Å²) >= 11 is 0. The molecule has 42 valence electrons. The number of rotatable bonds is 0. The molecular weight excluding hydrogens is 107 g/mol. The Morgan fingerprint density at radius 2 is 1.29 bits per heavy atom. The van der Waals surface area contributed by atoms with Gasteiger partial charge in [0.15, 0.2) is 17.4 Å². The molecule has 1 aliphatic rings. The molecule has 0 radical (unpaired) electrons. The molecule has 2 nitrogen and oxygen atoms in total. The lowest BCUT2D eigenvalue weighted by atomic mass is 10.3. The van der Waals surface area contributed by atoms with Crippen LogP contribution in [0.15, 0.2) is 0 Å². The van der Waals surface area contributed by atoms with Crippen LogP contribution in [0.4, 0.5) is 0 Å². The Labute approximate surface area is 53.9 Å². The largest absolute Gasteiger partial charge is 0.237 e. The molecule has 1 fully saturated rings. The summed E-state index contributed by atoms with van der Waals surface area (Å²) in [6.07, 6.45) is 2.31. The van der Waals surface area contributed by atoms with Crippen LogP contribution in [-0.4, -0.2) is 30.6 Å². The van der Waals surface area contributed by atoms with Crippen molar-refractivity contribution in [3.63, 3.8) is 0 Å². The monoisotopic (exact) mass is 118 g/mol. The molecule has 0 bridgehead atoms. The Bertz CT molecular complexity index is 25.2. The normalized spacial score (nSPS) is 20.6. The van der Waals surface area contributed by atoms with Gasteiger partial charge in [-0.25, -0.2) is 9.78 Å². The molecule has 1 aliphatic heterocycles. The maximum absolute atomic E-state index is 4.57. The minimum absolute atomic E-state index is 0. The van der Waals surface area contributed by atoms with Crippen LogP contribution in [0.25, 0.3) is 0 Å². The summed E-state index contributed by atoms with van der Waals surface area (Å²) in [6.45, 7) is 1.56. The molecule has 7 heavy (non-hydrogen) atoms. The minimum atomic E-state index is 0. The van der Waals surface area contributed by atoms with E-state index in [0.717, 1.165) is 26.1 Å². The maximum atomic E-state index is 4.57. The molecule has 0 unspecified atom stereocenters. The van der Waals surface area contributed by atoms with Crippen molar-refractivity contribution in [3.8, 4) is 0 Å². The molecular formula is C4H11AlO2. The van der Waals surface area contributed by atoms with E-state index in [1.54, 1.807) is 0 Å². The molecule has 1 heterocycles. The predicted octanol–water partition coefficient (Wildman–Crippen LogP) is -0.455. The van der Waals surface area contributed by atoms with Gasteiger partial charge in [-0.15, -0.1) is 0 Å². The fourth-order valence-electron chi connectivity index (χ4n) is 0.440. The summed E-state index contributed by atoms with van der Waals surface area (Å²) < 4.78 is 0. The highest BCUT2D eigenvalue weighted by atomic mass is 27.0. The third-order valence-electron chi connectivity index (χ3n) is 0.789. The number of hydrogen-bond acceptors (Lipinski definition) is 2. The molecule has 0 saturated carbocycles. The summed E-state index contributed by atoms with van der Waals surface area (Å²) in [5, 5.41) is 0. The van der Waals surface area contributed by atoms with Gasteiger partial charge in [0, 0.05) is 0 Å². The summed E-state index contributed by atoms with van der Waals surface area (Å²) in [5.41, 5.74) is 0. The van der Waals surface area contributed by atoms with Crippen LogP contribution < -0.4 is 0 Å². The molecule has 0 amide bonds. The van der Waals surface area contributed by atoms with Gasteiger partial charge in [0.1, 0.15) is 0 Å². The first kappa shape index (κ1) is 7.45. The van der Waals surface area contributed by atoms with E-state index in [-0.39, 0.29) is 17.4 Å². The van der Waals surface area contributed by atoms with Crippen molar-refractivity contribution in [2.24, 2.45) is 0 Å². The van der Waals surface area contributed by atoms with Crippen LogP contribution in [0.2, 0.25) is 0 Å². The zero-order chi connectivity index (χ0) is 4.24. The second-order valence-electron chi connectivity index (χ2n) is 1.35. The van der Waals surface area contributed by atoms with Gasteiger partial charge in [-0.1, -0.05) is 0 Å². The summed E-state index contributed by atoms with van der Waals surface area (Å²) in [7, 11) is 0. The maximum Gasteiger partial charge on any atom is 0.187 e. The summed E-state index contributed by atoms with van der Waals surface area (Å²) in [5.74, 6) is 0. The topological polar surface area (TPSA) is 18.5 Å². The van der Waals surface area contributed by atoms with Crippen LogP contribution in [0.3, 0.4) is 0 Å². The van der Waals surface area contributed by atoms with Gasteiger partial charge in [-0.2, -0.15) is 0 Å². The van der Waals surface area contributed by atoms with Crippen LogP contribution in [0.5, 0.6) is 0 Å². The Morgan fingerprint density at radius 3 is 1.43 bits per heavy atom. The van der Waals surface area contributed by atoms with Crippen molar-refractivity contribution in [2.75, 3.05) is 13.2 Å². The highest BCUT2D eigenvalue weighted by Crippen LogP contribution is 1.97. The van der Waals surface area contributed by atoms with E-state index in [2.05, 4.69) is 9.78 Å². The zero-order valence-electron chi connectivity index (χ0n) is 3.64. The lowest BCUT2D eigenvalue weighted by Gasteiger charge is -2.07. The molecule has 1 saturated heterocycles. The SMILES string of the molecule is C1CCOOC1.[AlH3]. The van der Waals surface area contributed by atoms with Gasteiger partial charge in [0.25, 0.3) is 0 Å². The fourth-order valence-corrected chi connectivity index (χ4v) is 0.440. The van der Waals surface area contributed by atoms with Gasteiger partial charge >= 0.3 is 0 Å². The number of hydrogen-bond donors (Lipinski definition) is 0. The lowest BCUT2D eigenvalue weighted by molar-refractivity contribution is -0.312. The van der Waals surface area contributed by atoms with E-state index in [0.29, 0.717) is 0 Å². The smallest absolute Gasteiger partial charge is 0.187 e. The van der Waals surface area contributed by atoms with Gasteiger partial charge in [0.2, 0.25) is 0 Å². The average molecular weight is 118 g/mol. The quantitative estimate of drug-likeness (QED) is 0.316. The Kier molecular flexibility index (Phi) is 4.91. The van der Waals surface area contributed by atoms with Crippen molar-refractivity contribution >= 4 is 17.4 Å². The van der Waals surface area contributed by atoms with Crippen molar-refractivity contribution in [3.05, 3.63) is 0 Å². The zero-order valence-corrected chi connectivity index (χ0v) is 3.64. The third kappa shape index (κ3) is 3.07. The summed E-state index contributed by atoms with van der Waals surface area (Å²) in [6, 6.07) is 0. The molecule has 0 aromatic heterocycles. The van der Waals surface area contributed by atoms with Crippen LogP contribution in [0, 0.1) is 0 Å². The van der Waals surface area contributed by atoms with E-state index in [9.17, 15) is 0 Å². The van der Waals surface area contributed by atoms with Crippen molar-refractivity contribution in [2.45, 2.75) is 12.8 Å². The van der Waals surface area contributed by atoms with Crippen molar-refractivity contribution < 1.29 is 9.78 Å². The minimum Gasteiger partial charge on any atom is -0.237 e. The first-order valence-corrected chi connectivity index (χ1v) is 2.24. The molecule has 0 aromatic carbocycles. The molecule has 1 rings (SSSR count). The Morgan fingerprint density at radius 1 is 0.857 bits per heavy atom.